The quantitative estimate of drug-likeness (QED) is 0.248. The van der Waals surface area contributed by atoms with Gasteiger partial charge in [-0.1, -0.05) is 0 Å². The number of sulfone groups is 1. The second kappa shape index (κ2) is 12.7. The van der Waals surface area contributed by atoms with Gasteiger partial charge in [0.2, 0.25) is 11.8 Å². The Labute approximate surface area is 250 Å². The monoisotopic (exact) mass is 635 g/mol. The highest BCUT2D eigenvalue weighted by atomic mass is 32.2. The molecule has 234 valence electrons. The molecule has 4 aromatic rings. The summed E-state index contributed by atoms with van der Waals surface area (Å²) in [5.41, 5.74) is -0.182. The summed E-state index contributed by atoms with van der Waals surface area (Å²) >= 11 is 0. The molecule has 44 heavy (non-hydrogen) atoms. The lowest BCUT2D eigenvalue weighted by Crippen LogP contribution is -2.29. The number of anilines is 2. The van der Waals surface area contributed by atoms with E-state index in [2.05, 4.69) is 30.7 Å². The van der Waals surface area contributed by atoms with Crippen molar-refractivity contribution in [3.05, 3.63) is 59.7 Å². The van der Waals surface area contributed by atoms with Gasteiger partial charge in [-0.15, -0.1) is 0 Å². The first-order valence-electron chi connectivity index (χ1n) is 12.7. The van der Waals surface area contributed by atoms with Crippen LogP contribution in [0, 0.1) is 6.92 Å². The minimum absolute atomic E-state index is 0.00253. The summed E-state index contributed by atoms with van der Waals surface area (Å²) < 4.78 is 80.5. The number of hydrogen-bond donors (Lipinski definition) is 2. The predicted molar refractivity (Wildman–Crippen MR) is 154 cm³/mol. The molecule has 0 atom stereocenters. The van der Waals surface area contributed by atoms with Crippen LogP contribution in [0.5, 0.6) is 17.4 Å². The van der Waals surface area contributed by atoms with E-state index < -0.39 is 27.6 Å². The number of rotatable bonds is 11. The predicted octanol–water partition coefficient (Wildman–Crippen LogP) is 3.60. The van der Waals surface area contributed by atoms with Crippen molar-refractivity contribution >= 4 is 27.4 Å². The van der Waals surface area contributed by atoms with Crippen molar-refractivity contribution in [1.29, 1.82) is 0 Å². The van der Waals surface area contributed by atoms with E-state index in [1.165, 1.54) is 46.7 Å². The fourth-order valence-electron chi connectivity index (χ4n) is 4.00. The number of carbonyl (C=O) groups excluding carboxylic acids is 1. The maximum absolute atomic E-state index is 13.6. The molecular formula is C27H28F3N7O6S. The first kappa shape index (κ1) is 32.0. The Balaban J connectivity index is 1.83. The van der Waals surface area contributed by atoms with Crippen molar-refractivity contribution in [2.24, 2.45) is 0 Å². The van der Waals surface area contributed by atoms with Gasteiger partial charge in [0.25, 0.3) is 5.91 Å². The van der Waals surface area contributed by atoms with Gasteiger partial charge in [-0.2, -0.15) is 23.3 Å². The molecule has 0 aliphatic heterocycles. The molecule has 0 aliphatic carbocycles. The van der Waals surface area contributed by atoms with E-state index in [1.54, 1.807) is 18.2 Å². The van der Waals surface area contributed by atoms with E-state index >= 15 is 0 Å². The largest absolute Gasteiger partial charge is 0.497 e. The molecule has 2 N–H and O–H groups in total. The van der Waals surface area contributed by atoms with Crippen LogP contribution in [0.1, 0.15) is 21.7 Å². The summed E-state index contributed by atoms with van der Waals surface area (Å²) in [5, 5.41) is 9.23. The van der Waals surface area contributed by atoms with Crippen molar-refractivity contribution < 1.29 is 40.6 Å². The number of nitrogens with zero attached hydrogens (tertiary/aromatic N) is 5. The zero-order valence-corrected chi connectivity index (χ0v) is 25.0. The average molecular weight is 636 g/mol. The van der Waals surface area contributed by atoms with Gasteiger partial charge in [-0.25, -0.2) is 23.1 Å². The number of aromatic nitrogens is 5. The Bertz CT molecular complexity index is 1770. The standard InChI is InChI=1S/C27H28F3N7O6S/c1-15-8-22(27(28,29)30)36-37(15)23-21(14-33-26(35-23)34-17-10-18(41-2)12-19(11-17)42-3)16-9-20(25(43-4)32-13-16)24(38)31-6-7-44(5,39)40/h8-14H,6-7H2,1-5H3,(H,31,38)(H,33,34,35). The van der Waals surface area contributed by atoms with Crippen LogP contribution in [-0.4, -0.2) is 78.9 Å². The maximum Gasteiger partial charge on any atom is 0.435 e. The molecule has 0 radical (unpaired) electrons. The van der Waals surface area contributed by atoms with Crippen LogP contribution in [-0.2, 0) is 16.0 Å². The number of methoxy groups -OCH3 is 3. The van der Waals surface area contributed by atoms with Gasteiger partial charge in [0.15, 0.2) is 11.5 Å². The Morgan fingerprint density at radius 3 is 2.23 bits per heavy atom. The highest BCUT2D eigenvalue weighted by Gasteiger charge is 2.35. The lowest BCUT2D eigenvalue weighted by Gasteiger charge is -2.15. The second-order valence-electron chi connectivity index (χ2n) is 9.40. The molecule has 0 spiro atoms. The summed E-state index contributed by atoms with van der Waals surface area (Å²) in [7, 11) is 0.907. The summed E-state index contributed by atoms with van der Waals surface area (Å²) in [5.74, 6) is -0.153. The van der Waals surface area contributed by atoms with Gasteiger partial charge < -0.3 is 24.8 Å². The number of amides is 1. The lowest BCUT2D eigenvalue weighted by molar-refractivity contribution is -0.141. The molecule has 0 saturated carbocycles. The summed E-state index contributed by atoms with van der Waals surface area (Å²) in [6, 6.07) is 7.19. The highest BCUT2D eigenvalue weighted by Crippen LogP contribution is 2.34. The van der Waals surface area contributed by atoms with Gasteiger partial charge in [-0.05, 0) is 19.1 Å². The molecule has 0 unspecified atom stereocenters. The van der Waals surface area contributed by atoms with E-state index in [0.29, 0.717) is 17.2 Å². The molecule has 1 aromatic carbocycles. The van der Waals surface area contributed by atoms with Gasteiger partial charge in [-0.3, -0.25) is 4.79 Å². The fraction of sp³-hybridized carbons (Fsp3) is 0.296. The third-order valence-electron chi connectivity index (χ3n) is 6.11. The molecule has 17 heteroatoms. The van der Waals surface area contributed by atoms with Crippen molar-refractivity contribution in [3.63, 3.8) is 0 Å². The summed E-state index contributed by atoms with van der Waals surface area (Å²) in [4.78, 5) is 25.9. The smallest absolute Gasteiger partial charge is 0.435 e. The minimum atomic E-state index is -4.72. The number of hydrogen-bond acceptors (Lipinski definition) is 11. The number of ether oxygens (including phenoxy) is 3. The van der Waals surface area contributed by atoms with Gasteiger partial charge in [0.1, 0.15) is 26.9 Å². The van der Waals surface area contributed by atoms with Crippen molar-refractivity contribution in [2.75, 3.05) is 45.2 Å². The Hall–Kier alpha value is -4.93. The first-order valence-corrected chi connectivity index (χ1v) is 14.8. The maximum atomic E-state index is 13.6. The van der Waals surface area contributed by atoms with Gasteiger partial charge in [0.05, 0.1) is 27.1 Å². The van der Waals surface area contributed by atoms with Crippen LogP contribution in [0.3, 0.4) is 0 Å². The average Bonchev–Trinajstić information content (AvgIpc) is 3.38. The fourth-order valence-corrected chi connectivity index (χ4v) is 4.48. The Morgan fingerprint density at radius 1 is 0.977 bits per heavy atom. The van der Waals surface area contributed by atoms with Crippen molar-refractivity contribution in [3.8, 4) is 34.3 Å². The van der Waals surface area contributed by atoms with E-state index in [1.807, 2.05) is 0 Å². The second-order valence-corrected chi connectivity index (χ2v) is 11.7. The van der Waals surface area contributed by atoms with E-state index in [4.69, 9.17) is 14.2 Å². The number of alkyl halides is 3. The van der Waals surface area contributed by atoms with Crippen molar-refractivity contribution in [1.82, 2.24) is 30.0 Å². The third-order valence-corrected chi connectivity index (χ3v) is 7.06. The Kier molecular flexibility index (Phi) is 9.27. The molecule has 4 rings (SSSR count). The molecule has 0 bridgehead atoms. The van der Waals surface area contributed by atoms with E-state index in [0.717, 1.165) is 17.0 Å². The SMILES string of the molecule is COc1cc(Nc2ncc(-c3cnc(OC)c(C(=O)NCCS(C)(=O)=O)c3)c(-n3nc(C(F)(F)F)cc3C)n2)cc(OC)c1. The zero-order chi connectivity index (χ0) is 32.2. The number of carbonyl (C=O) groups is 1. The van der Waals surface area contributed by atoms with Gasteiger partial charge in [0, 0.05) is 65.9 Å². The molecule has 1 amide bonds. The zero-order valence-electron chi connectivity index (χ0n) is 24.2. The summed E-state index contributed by atoms with van der Waals surface area (Å²) in [6.45, 7) is 1.27. The molecule has 13 nitrogen and oxygen atoms in total. The molecule has 3 heterocycles. The third kappa shape index (κ3) is 7.52. The van der Waals surface area contributed by atoms with E-state index in [9.17, 15) is 26.4 Å². The van der Waals surface area contributed by atoms with Crippen LogP contribution >= 0.6 is 0 Å². The number of pyridine rings is 1. The summed E-state index contributed by atoms with van der Waals surface area (Å²) in [6.07, 6.45) is -1.02. The highest BCUT2D eigenvalue weighted by molar-refractivity contribution is 7.90. The van der Waals surface area contributed by atoms with Crippen LogP contribution in [0.15, 0.2) is 42.7 Å². The topological polar surface area (TPSA) is 159 Å². The molecule has 3 aromatic heterocycles. The van der Waals surface area contributed by atoms with Crippen LogP contribution < -0.4 is 24.8 Å². The molecule has 0 aliphatic rings. The van der Waals surface area contributed by atoms with Crippen LogP contribution in [0.4, 0.5) is 24.8 Å². The number of benzene rings is 1. The molecule has 0 saturated heterocycles. The molecule has 0 fully saturated rings. The van der Waals surface area contributed by atoms with Crippen molar-refractivity contribution in [2.45, 2.75) is 13.1 Å². The van der Waals surface area contributed by atoms with Crippen LogP contribution in [0.2, 0.25) is 0 Å². The van der Waals surface area contributed by atoms with Gasteiger partial charge >= 0.3 is 6.18 Å². The first-order chi connectivity index (χ1) is 20.7. The normalized spacial score (nSPS) is 11.6. The van der Waals surface area contributed by atoms with E-state index in [-0.39, 0.29) is 52.3 Å². The lowest BCUT2D eigenvalue weighted by atomic mass is 10.1. The number of halogens is 3. The van der Waals surface area contributed by atoms with Crippen LogP contribution in [0.25, 0.3) is 16.9 Å². The Morgan fingerprint density at radius 2 is 1.66 bits per heavy atom. The number of aryl methyl sites for hydroxylation is 1. The molecular weight excluding hydrogens is 607 g/mol. The number of nitrogens with one attached hydrogen (secondary N) is 2. The minimum Gasteiger partial charge on any atom is -0.497 e.